The summed E-state index contributed by atoms with van der Waals surface area (Å²) in [5, 5.41) is 0. The average Bonchev–Trinajstić information content (AvgIpc) is 2.84. The van der Waals surface area contributed by atoms with Gasteiger partial charge in [-0.3, -0.25) is 4.79 Å². The lowest BCUT2D eigenvalue weighted by Gasteiger charge is -2.43. The highest BCUT2D eigenvalue weighted by Crippen LogP contribution is 2.37. The van der Waals surface area contributed by atoms with Crippen molar-refractivity contribution < 1.29 is 14.3 Å². The number of hydrogen-bond donors (Lipinski definition) is 0. The number of carbonyl (C=O) groups is 2. The smallest absolute Gasteiger partial charge is 0.410 e. The van der Waals surface area contributed by atoms with Gasteiger partial charge in [-0.15, -0.1) is 0 Å². The molecule has 2 amide bonds. The van der Waals surface area contributed by atoms with E-state index in [-0.39, 0.29) is 23.8 Å². The van der Waals surface area contributed by atoms with E-state index in [9.17, 15) is 9.59 Å². The third kappa shape index (κ3) is 5.85. The second-order valence-electron chi connectivity index (χ2n) is 11.4. The van der Waals surface area contributed by atoms with Crippen molar-refractivity contribution in [3.05, 3.63) is 64.7 Å². The molecule has 2 aromatic rings. The number of rotatable bonds is 3. The molecule has 0 aromatic heterocycles. The molecule has 0 N–H and O–H groups in total. The second-order valence-corrected chi connectivity index (χ2v) is 11.4. The second kappa shape index (κ2) is 10.5. The molecule has 36 heavy (non-hydrogen) atoms. The van der Waals surface area contributed by atoms with Gasteiger partial charge >= 0.3 is 6.09 Å². The summed E-state index contributed by atoms with van der Waals surface area (Å²) < 4.78 is 5.65. The molecule has 2 aromatic carbocycles. The molecule has 194 valence electrons. The van der Waals surface area contributed by atoms with Gasteiger partial charge in [-0.1, -0.05) is 36.4 Å². The zero-order valence-electron chi connectivity index (χ0n) is 22.7. The van der Waals surface area contributed by atoms with Crippen LogP contribution in [0.15, 0.2) is 42.5 Å². The zero-order chi connectivity index (χ0) is 26.0. The molecule has 4 rings (SSSR count). The van der Waals surface area contributed by atoms with E-state index in [2.05, 4.69) is 56.0 Å². The summed E-state index contributed by atoms with van der Waals surface area (Å²) in [6, 6.07) is 14.9. The Balaban J connectivity index is 1.52. The molecule has 6 nitrogen and oxygen atoms in total. The Bertz CT molecular complexity index is 1100. The fourth-order valence-corrected chi connectivity index (χ4v) is 5.53. The van der Waals surface area contributed by atoms with Gasteiger partial charge in [-0.25, -0.2) is 4.79 Å². The molecule has 0 aliphatic carbocycles. The van der Waals surface area contributed by atoms with Crippen LogP contribution in [0, 0.1) is 26.7 Å². The highest BCUT2D eigenvalue weighted by Gasteiger charge is 2.41. The summed E-state index contributed by atoms with van der Waals surface area (Å²) in [5.41, 5.74) is 5.63. The molecule has 0 radical (unpaired) electrons. The molecule has 2 unspecified atom stereocenters. The van der Waals surface area contributed by atoms with Gasteiger partial charge in [0.25, 0.3) is 0 Å². The van der Waals surface area contributed by atoms with Crippen LogP contribution >= 0.6 is 0 Å². The van der Waals surface area contributed by atoms with Gasteiger partial charge in [0.05, 0.1) is 5.92 Å². The summed E-state index contributed by atoms with van der Waals surface area (Å²) >= 11 is 0. The third-order valence-electron chi connectivity index (χ3n) is 7.47. The maximum Gasteiger partial charge on any atom is 0.410 e. The van der Waals surface area contributed by atoms with Crippen LogP contribution in [0.2, 0.25) is 0 Å². The maximum atomic E-state index is 14.0. The van der Waals surface area contributed by atoms with Crippen LogP contribution in [-0.2, 0) is 9.53 Å². The van der Waals surface area contributed by atoms with Crippen molar-refractivity contribution in [2.24, 2.45) is 5.92 Å². The van der Waals surface area contributed by atoms with Gasteiger partial charge in [-0.05, 0) is 82.2 Å². The Labute approximate surface area is 216 Å². The number of amides is 2. The van der Waals surface area contributed by atoms with Crippen LogP contribution in [0.5, 0.6) is 0 Å². The van der Waals surface area contributed by atoms with Crippen LogP contribution in [0.25, 0.3) is 0 Å². The van der Waals surface area contributed by atoms with Crippen LogP contribution in [0.4, 0.5) is 10.5 Å². The first-order valence-electron chi connectivity index (χ1n) is 13.2. The van der Waals surface area contributed by atoms with Crippen molar-refractivity contribution in [1.29, 1.82) is 0 Å². The molecule has 2 atom stereocenters. The quantitative estimate of drug-likeness (QED) is 0.585. The predicted octanol–water partition coefficient (Wildman–Crippen LogP) is 5.30. The van der Waals surface area contributed by atoms with E-state index in [0.717, 1.165) is 19.5 Å². The highest BCUT2D eigenvalue weighted by atomic mass is 16.6. The van der Waals surface area contributed by atoms with E-state index in [1.54, 1.807) is 4.90 Å². The maximum absolute atomic E-state index is 14.0. The van der Waals surface area contributed by atoms with E-state index in [1.165, 1.54) is 27.9 Å². The largest absolute Gasteiger partial charge is 0.444 e. The van der Waals surface area contributed by atoms with Crippen molar-refractivity contribution in [2.45, 2.75) is 59.5 Å². The number of aryl methyl sites for hydroxylation is 3. The van der Waals surface area contributed by atoms with Gasteiger partial charge in [0.1, 0.15) is 5.60 Å². The summed E-state index contributed by atoms with van der Waals surface area (Å²) in [6.07, 6.45) is 0.423. The van der Waals surface area contributed by atoms with E-state index in [1.807, 2.05) is 37.8 Å². The molecular formula is C30H41N3O3. The number of anilines is 1. The summed E-state index contributed by atoms with van der Waals surface area (Å²) in [4.78, 5) is 33.0. The molecule has 2 aliphatic heterocycles. The lowest BCUT2D eigenvalue weighted by Crippen LogP contribution is -2.55. The van der Waals surface area contributed by atoms with Crippen molar-refractivity contribution >= 4 is 17.7 Å². The molecule has 0 saturated carbocycles. The molecule has 2 aliphatic rings. The average molecular weight is 492 g/mol. The van der Waals surface area contributed by atoms with Gasteiger partial charge in [0.2, 0.25) is 5.91 Å². The van der Waals surface area contributed by atoms with E-state index < -0.39 is 5.60 Å². The Morgan fingerprint density at radius 2 is 1.56 bits per heavy atom. The van der Waals surface area contributed by atoms with E-state index >= 15 is 0 Å². The van der Waals surface area contributed by atoms with Crippen molar-refractivity contribution in [1.82, 2.24) is 9.80 Å². The number of benzene rings is 2. The van der Waals surface area contributed by atoms with Crippen LogP contribution < -0.4 is 4.90 Å². The normalized spacial score (nSPS) is 20.9. The Kier molecular flexibility index (Phi) is 7.62. The van der Waals surface area contributed by atoms with E-state index in [0.29, 0.717) is 26.2 Å². The number of carbonyl (C=O) groups excluding carboxylic acids is 2. The molecule has 6 heteroatoms. The number of piperazine rings is 1. The Morgan fingerprint density at radius 1 is 0.861 bits per heavy atom. The van der Waals surface area contributed by atoms with Gasteiger partial charge < -0.3 is 19.4 Å². The number of likely N-dealkylation sites (tertiary alicyclic amines) is 1. The minimum absolute atomic E-state index is 0.0921. The van der Waals surface area contributed by atoms with Crippen LogP contribution in [0.3, 0.4) is 0 Å². The fraction of sp³-hybridized carbons (Fsp3) is 0.533. The third-order valence-corrected chi connectivity index (χ3v) is 7.47. The number of nitrogens with zero attached hydrogens (tertiary/aromatic N) is 3. The lowest BCUT2D eigenvalue weighted by molar-refractivity contribution is -0.138. The van der Waals surface area contributed by atoms with Crippen LogP contribution in [0.1, 0.15) is 55.4 Å². The van der Waals surface area contributed by atoms with E-state index in [4.69, 9.17) is 4.74 Å². The molecule has 2 heterocycles. The van der Waals surface area contributed by atoms with Crippen molar-refractivity contribution in [2.75, 3.05) is 44.2 Å². The molecule has 2 saturated heterocycles. The number of ether oxygens (including phenoxy) is 1. The Morgan fingerprint density at radius 3 is 2.22 bits per heavy atom. The predicted molar refractivity (Wildman–Crippen MR) is 145 cm³/mol. The molecule has 2 fully saturated rings. The lowest BCUT2D eigenvalue weighted by atomic mass is 9.78. The number of hydrogen-bond acceptors (Lipinski definition) is 4. The van der Waals surface area contributed by atoms with Crippen molar-refractivity contribution in [3.63, 3.8) is 0 Å². The van der Waals surface area contributed by atoms with Crippen LogP contribution in [-0.4, -0.2) is 66.7 Å². The highest BCUT2D eigenvalue weighted by molar-refractivity contribution is 5.82. The Hall–Kier alpha value is -3.02. The first-order chi connectivity index (χ1) is 17.0. The molecule has 0 spiro atoms. The first kappa shape index (κ1) is 26.1. The standard InChI is InChI=1S/C30H41N3O3/c1-21-11-12-23(3)27(19-21)31-15-17-32(18-16-31)28(34)26-20-33(29(35)36-30(4,5)6)14-13-25(26)24-10-8-7-9-22(24)2/h7-12,19,25-26H,13-18,20H2,1-6H3. The molecular weight excluding hydrogens is 450 g/mol. The monoisotopic (exact) mass is 491 g/mol. The zero-order valence-corrected chi connectivity index (χ0v) is 22.7. The molecule has 0 bridgehead atoms. The minimum atomic E-state index is -0.562. The summed E-state index contributed by atoms with van der Waals surface area (Å²) in [7, 11) is 0. The van der Waals surface area contributed by atoms with Crippen molar-refractivity contribution in [3.8, 4) is 0 Å². The van der Waals surface area contributed by atoms with Gasteiger partial charge in [0.15, 0.2) is 0 Å². The van der Waals surface area contributed by atoms with Gasteiger partial charge in [0, 0.05) is 45.0 Å². The summed E-state index contributed by atoms with van der Waals surface area (Å²) in [6.45, 7) is 16.0. The van der Waals surface area contributed by atoms with Gasteiger partial charge in [-0.2, -0.15) is 0 Å². The topological polar surface area (TPSA) is 53.1 Å². The fourth-order valence-electron chi connectivity index (χ4n) is 5.53. The summed E-state index contributed by atoms with van der Waals surface area (Å²) in [5.74, 6) is -0.0359. The minimum Gasteiger partial charge on any atom is -0.444 e. The first-order valence-corrected chi connectivity index (χ1v) is 13.2. The SMILES string of the molecule is Cc1ccc(C)c(N2CCN(C(=O)C3CN(C(=O)OC(C)(C)C)CCC3c3ccccc3C)CC2)c1. The number of piperidine rings is 1.